The van der Waals surface area contributed by atoms with Crippen LogP contribution in [0.4, 0.5) is 10.2 Å². The standard InChI is InChI=1S/C32H32FN7O3/c1-4-36-25(20-10-8-19(17-34)9-11-20)16-27(41)40-14-12-21(23(18-40)24-7-5-6-13-37-24)32-38-29-22(31(35)39-32)15-26(42-2)30(43-3)28(29)33/h5-13,15,23,25,36H,4,14,16,18H2,1-3H3,(H2,35,38,39)/t23-,25-/m1/s1. The fourth-order valence-corrected chi connectivity index (χ4v) is 5.36. The first kappa shape index (κ1) is 29.4. The summed E-state index contributed by atoms with van der Waals surface area (Å²) in [5, 5.41) is 12.8. The van der Waals surface area contributed by atoms with Crippen molar-refractivity contribution >= 4 is 28.2 Å². The van der Waals surface area contributed by atoms with Crippen molar-refractivity contribution in [3.8, 4) is 17.6 Å². The first-order valence-corrected chi connectivity index (χ1v) is 13.9. The number of aromatic nitrogens is 3. The fraction of sp³-hybridized carbons (Fsp3) is 0.281. The normalized spacial score (nSPS) is 15.5. The quantitative estimate of drug-likeness (QED) is 0.295. The van der Waals surface area contributed by atoms with Crippen LogP contribution in [0.25, 0.3) is 16.5 Å². The van der Waals surface area contributed by atoms with E-state index < -0.39 is 5.82 Å². The average Bonchev–Trinajstić information content (AvgIpc) is 3.04. The van der Waals surface area contributed by atoms with Crippen molar-refractivity contribution in [3.05, 3.63) is 89.3 Å². The van der Waals surface area contributed by atoms with Gasteiger partial charge in [0.05, 0.1) is 25.9 Å². The summed E-state index contributed by atoms with van der Waals surface area (Å²) >= 11 is 0. The minimum absolute atomic E-state index is 0.00947. The number of halogens is 1. The number of hydrogen-bond donors (Lipinski definition) is 2. The van der Waals surface area contributed by atoms with E-state index in [9.17, 15) is 4.79 Å². The lowest BCUT2D eigenvalue weighted by Gasteiger charge is -2.33. The third kappa shape index (κ3) is 5.96. The predicted molar refractivity (Wildman–Crippen MR) is 161 cm³/mol. The number of nitrogens with one attached hydrogen (secondary N) is 1. The smallest absolute Gasteiger partial charge is 0.224 e. The summed E-state index contributed by atoms with van der Waals surface area (Å²) in [6.07, 6.45) is 3.79. The van der Waals surface area contributed by atoms with Crippen molar-refractivity contribution in [1.29, 1.82) is 5.26 Å². The fourth-order valence-electron chi connectivity index (χ4n) is 5.36. The lowest BCUT2D eigenvalue weighted by molar-refractivity contribution is -0.131. The molecule has 0 saturated carbocycles. The molecule has 3 N–H and O–H groups in total. The van der Waals surface area contributed by atoms with Gasteiger partial charge in [-0.25, -0.2) is 14.4 Å². The molecule has 0 radical (unpaired) electrons. The second kappa shape index (κ2) is 12.8. The summed E-state index contributed by atoms with van der Waals surface area (Å²) in [6.45, 7) is 3.29. The first-order chi connectivity index (χ1) is 20.9. The molecule has 2 aromatic carbocycles. The summed E-state index contributed by atoms with van der Waals surface area (Å²) in [4.78, 5) is 29.1. The molecule has 2 aromatic heterocycles. The molecule has 2 atom stereocenters. The molecule has 0 aliphatic carbocycles. The van der Waals surface area contributed by atoms with Crippen molar-refractivity contribution in [2.45, 2.75) is 25.3 Å². The van der Waals surface area contributed by atoms with E-state index in [0.717, 1.165) is 11.3 Å². The van der Waals surface area contributed by atoms with Gasteiger partial charge in [-0.15, -0.1) is 0 Å². The van der Waals surface area contributed by atoms with Crippen molar-refractivity contribution in [2.24, 2.45) is 0 Å². The Morgan fingerprint density at radius 3 is 2.65 bits per heavy atom. The van der Waals surface area contributed by atoms with Gasteiger partial charge >= 0.3 is 0 Å². The number of benzene rings is 2. The van der Waals surface area contributed by atoms with Crippen molar-refractivity contribution < 1.29 is 18.7 Å². The molecule has 4 aromatic rings. The van der Waals surface area contributed by atoms with Crippen LogP contribution in [0.1, 0.15) is 47.9 Å². The van der Waals surface area contributed by atoms with Crippen molar-refractivity contribution in [1.82, 2.24) is 25.2 Å². The van der Waals surface area contributed by atoms with E-state index in [2.05, 4.69) is 26.3 Å². The molecule has 43 heavy (non-hydrogen) atoms. The van der Waals surface area contributed by atoms with E-state index in [1.165, 1.54) is 14.2 Å². The summed E-state index contributed by atoms with van der Waals surface area (Å²) in [5.74, 6) is -0.680. The number of nitrogens with two attached hydrogens (primary N) is 1. The highest BCUT2D eigenvalue weighted by atomic mass is 19.1. The number of amides is 1. The Hall–Kier alpha value is -5.08. The Bertz CT molecular complexity index is 1700. The van der Waals surface area contributed by atoms with Crippen LogP contribution < -0.4 is 20.5 Å². The molecule has 1 aliphatic rings. The van der Waals surface area contributed by atoms with E-state index in [0.29, 0.717) is 36.2 Å². The van der Waals surface area contributed by atoms with Gasteiger partial charge in [0, 0.05) is 54.3 Å². The van der Waals surface area contributed by atoms with E-state index in [4.69, 9.17) is 20.5 Å². The van der Waals surface area contributed by atoms with Crippen molar-refractivity contribution in [2.75, 3.05) is 39.6 Å². The SMILES string of the molecule is CCN[C@H](CC(=O)N1CC=C(c2nc(N)c3cc(OC)c(OC)c(F)c3n2)[C@H](c2ccccn2)C1)c1ccc(C#N)cc1. The lowest BCUT2D eigenvalue weighted by atomic mass is 9.89. The molecule has 0 spiro atoms. The van der Waals surface area contributed by atoms with Crippen LogP contribution in [0, 0.1) is 17.1 Å². The van der Waals surface area contributed by atoms with E-state index >= 15 is 4.39 Å². The summed E-state index contributed by atoms with van der Waals surface area (Å²) < 4.78 is 26.0. The number of hydrogen-bond acceptors (Lipinski definition) is 9. The Kier molecular flexibility index (Phi) is 8.78. The first-order valence-electron chi connectivity index (χ1n) is 13.9. The van der Waals surface area contributed by atoms with Crippen LogP contribution >= 0.6 is 0 Å². The summed E-state index contributed by atoms with van der Waals surface area (Å²) in [6, 6.07) is 16.3. The number of carbonyl (C=O) groups is 1. The maximum atomic E-state index is 15.5. The Balaban J connectivity index is 1.50. The van der Waals surface area contributed by atoms with Crippen molar-refractivity contribution in [3.63, 3.8) is 0 Å². The molecule has 0 fully saturated rings. The summed E-state index contributed by atoms with van der Waals surface area (Å²) in [5.41, 5.74) is 9.23. The molecule has 1 aliphatic heterocycles. The number of fused-ring (bicyclic) bond motifs is 1. The van der Waals surface area contributed by atoms with Crippen LogP contribution in [0.3, 0.4) is 0 Å². The van der Waals surface area contributed by atoms with Gasteiger partial charge in [-0.05, 0) is 42.4 Å². The Labute approximate surface area is 249 Å². The average molecular weight is 582 g/mol. The molecule has 0 unspecified atom stereocenters. The lowest BCUT2D eigenvalue weighted by Crippen LogP contribution is -2.40. The second-order valence-electron chi connectivity index (χ2n) is 10.1. The third-order valence-electron chi connectivity index (χ3n) is 7.54. The van der Waals surface area contributed by atoms with Crippen LogP contribution in [0.5, 0.6) is 11.5 Å². The monoisotopic (exact) mass is 581 g/mol. The van der Waals surface area contributed by atoms with Gasteiger partial charge in [-0.3, -0.25) is 9.78 Å². The molecule has 1 amide bonds. The zero-order chi connectivity index (χ0) is 30.5. The van der Waals surface area contributed by atoms with Gasteiger partial charge in [0.15, 0.2) is 23.1 Å². The number of nitriles is 1. The highest BCUT2D eigenvalue weighted by molar-refractivity contribution is 5.93. The number of pyridine rings is 1. The number of anilines is 1. The maximum Gasteiger partial charge on any atom is 0.224 e. The number of ether oxygens (including phenoxy) is 2. The van der Waals surface area contributed by atoms with Crippen LogP contribution in [-0.4, -0.2) is 59.6 Å². The number of methoxy groups -OCH3 is 2. The number of nitrogens with zero attached hydrogens (tertiary/aromatic N) is 5. The van der Waals surface area contributed by atoms with E-state index in [1.54, 1.807) is 29.3 Å². The number of nitrogen functional groups attached to an aromatic ring is 1. The van der Waals surface area contributed by atoms with E-state index in [1.807, 2.05) is 43.3 Å². The number of rotatable bonds is 9. The maximum absolute atomic E-state index is 15.5. The van der Waals surface area contributed by atoms with Gasteiger partial charge in [-0.2, -0.15) is 5.26 Å². The minimum Gasteiger partial charge on any atom is -0.493 e. The zero-order valence-corrected chi connectivity index (χ0v) is 24.2. The molecule has 10 nitrogen and oxygen atoms in total. The van der Waals surface area contributed by atoms with Gasteiger partial charge in [0.25, 0.3) is 0 Å². The van der Waals surface area contributed by atoms with Crippen LogP contribution in [0.15, 0.2) is 60.8 Å². The zero-order valence-electron chi connectivity index (χ0n) is 24.2. The molecule has 0 bridgehead atoms. The highest BCUT2D eigenvalue weighted by Crippen LogP contribution is 2.39. The largest absolute Gasteiger partial charge is 0.493 e. The molecule has 0 saturated heterocycles. The summed E-state index contributed by atoms with van der Waals surface area (Å²) in [7, 11) is 2.77. The second-order valence-corrected chi connectivity index (χ2v) is 10.1. The topological polar surface area (TPSA) is 139 Å². The molecule has 5 rings (SSSR count). The Morgan fingerprint density at radius 1 is 1.21 bits per heavy atom. The predicted octanol–water partition coefficient (Wildman–Crippen LogP) is 4.39. The molecule has 3 heterocycles. The van der Waals surface area contributed by atoms with Crippen LogP contribution in [0.2, 0.25) is 0 Å². The van der Waals surface area contributed by atoms with Gasteiger partial charge in [0.1, 0.15) is 11.3 Å². The van der Waals surface area contributed by atoms with Gasteiger partial charge in [-0.1, -0.05) is 31.2 Å². The number of carbonyl (C=O) groups excluding carboxylic acids is 1. The Morgan fingerprint density at radius 2 is 2.00 bits per heavy atom. The van der Waals surface area contributed by atoms with Crippen LogP contribution in [-0.2, 0) is 4.79 Å². The minimum atomic E-state index is -0.702. The third-order valence-corrected chi connectivity index (χ3v) is 7.54. The van der Waals surface area contributed by atoms with E-state index in [-0.39, 0.29) is 52.9 Å². The van der Waals surface area contributed by atoms with Gasteiger partial charge in [0.2, 0.25) is 5.91 Å². The molecular weight excluding hydrogens is 549 g/mol. The molecule has 220 valence electrons. The molecular formula is C32H32FN7O3. The van der Waals surface area contributed by atoms with Gasteiger partial charge < -0.3 is 25.4 Å². The molecule has 11 heteroatoms. The highest BCUT2D eigenvalue weighted by Gasteiger charge is 2.32.